The van der Waals surface area contributed by atoms with Crippen molar-refractivity contribution >= 4 is 5.91 Å². The predicted molar refractivity (Wildman–Crippen MR) is 75.9 cm³/mol. The molecule has 0 bridgehead atoms. The summed E-state index contributed by atoms with van der Waals surface area (Å²) >= 11 is 0. The van der Waals surface area contributed by atoms with Gasteiger partial charge in [0.05, 0.1) is 25.3 Å². The minimum atomic E-state index is -4.43. The molecule has 0 saturated carbocycles. The molecule has 0 radical (unpaired) electrons. The Hall–Kier alpha value is -1.83. The monoisotopic (exact) mass is 332 g/mol. The van der Waals surface area contributed by atoms with Crippen LogP contribution in [-0.4, -0.2) is 48.2 Å². The molecule has 1 aromatic heterocycles. The van der Waals surface area contributed by atoms with Gasteiger partial charge in [-0.2, -0.15) is 13.2 Å². The average Bonchev–Trinajstić information content (AvgIpc) is 2.71. The highest BCUT2D eigenvalue weighted by Crippen LogP contribution is 2.29. The summed E-state index contributed by atoms with van der Waals surface area (Å²) in [5.74, 6) is -0.0760. The first-order chi connectivity index (χ1) is 10.8. The summed E-state index contributed by atoms with van der Waals surface area (Å²) in [5.41, 5.74) is -0.835. The van der Waals surface area contributed by atoms with Gasteiger partial charge in [-0.1, -0.05) is 13.8 Å². The first kappa shape index (κ1) is 17.5. The lowest BCUT2D eigenvalue weighted by Crippen LogP contribution is -2.41. The smallest absolute Gasteiger partial charge is 0.417 e. The fourth-order valence-electron chi connectivity index (χ4n) is 2.20. The number of hydrogen-bond acceptors (Lipinski definition) is 4. The van der Waals surface area contributed by atoms with Crippen LogP contribution < -0.4 is 4.74 Å². The molecule has 2 rings (SSSR count). The van der Waals surface area contributed by atoms with E-state index in [1.165, 1.54) is 6.07 Å². The molecule has 5 nitrogen and oxygen atoms in total. The number of aromatic nitrogens is 1. The molecule has 23 heavy (non-hydrogen) atoms. The molecule has 2 heterocycles. The molecule has 0 spiro atoms. The lowest BCUT2D eigenvalue weighted by Gasteiger charge is -2.25. The average molecular weight is 332 g/mol. The summed E-state index contributed by atoms with van der Waals surface area (Å²) in [4.78, 5) is 17.4. The van der Waals surface area contributed by atoms with Gasteiger partial charge < -0.3 is 14.4 Å². The zero-order valence-corrected chi connectivity index (χ0v) is 13.0. The van der Waals surface area contributed by atoms with Crippen molar-refractivity contribution in [1.29, 1.82) is 0 Å². The second kappa shape index (κ2) is 7.16. The predicted octanol–water partition coefficient (Wildman–Crippen LogP) is 2.36. The molecule has 1 unspecified atom stereocenters. The van der Waals surface area contributed by atoms with Gasteiger partial charge in [0.2, 0.25) is 11.8 Å². The third-order valence-corrected chi connectivity index (χ3v) is 3.39. The Morgan fingerprint density at radius 3 is 2.74 bits per heavy atom. The van der Waals surface area contributed by atoms with E-state index < -0.39 is 17.8 Å². The minimum absolute atomic E-state index is 0.00974. The van der Waals surface area contributed by atoms with E-state index in [4.69, 9.17) is 9.47 Å². The van der Waals surface area contributed by atoms with Gasteiger partial charge in [-0.15, -0.1) is 0 Å². The van der Waals surface area contributed by atoms with E-state index >= 15 is 0 Å². The van der Waals surface area contributed by atoms with E-state index in [1.807, 2.05) is 0 Å². The molecule has 0 aromatic carbocycles. The van der Waals surface area contributed by atoms with E-state index in [1.54, 1.807) is 18.7 Å². The van der Waals surface area contributed by atoms with Gasteiger partial charge in [-0.05, 0) is 6.07 Å². The topological polar surface area (TPSA) is 51.7 Å². The molecule has 1 saturated heterocycles. The third kappa shape index (κ3) is 4.82. The molecule has 128 valence electrons. The number of ether oxygens (including phenoxy) is 2. The van der Waals surface area contributed by atoms with Crippen LogP contribution in [0.1, 0.15) is 19.4 Å². The normalized spacial score (nSPS) is 19.6. The molecule has 1 fully saturated rings. The number of pyridine rings is 1. The number of alkyl halides is 3. The molecule has 1 amide bonds. The van der Waals surface area contributed by atoms with Gasteiger partial charge >= 0.3 is 6.18 Å². The summed E-state index contributed by atoms with van der Waals surface area (Å²) in [6.07, 6.45) is -4.18. The summed E-state index contributed by atoms with van der Waals surface area (Å²) in [7, 11) is 0. The highest BCUT2D eigenvalue weighted by atomic mass is 19.4. The number of nitrogens with zero attached hydrogens (tertiary/aromatic N) is 2. The number of carbonyl (C=O) groups excluding carboxylic acids is 1. The number of amides is 1. The summed E-state index contributed by atoms with van der Waals surface area (Å²) in [5, 5.41) is 0. The lowest BCUT2D eigenvalue weighted by atomic mass is 10.2. The van der Waals surface area contributed by atoms with Crippen LogP contribution in [-0.2, 0) is 15.7 Å². The van der Waals surface area contributed by atoms with E-state index in [9.17, 15) is 18.0 Å². The first-order valence-electron chi connectivity index (χ1n) is 7.34. The molecule has 1 atom stereocenters. The van der Waals surface area contributed by atoms with Crippen molar-refractivity contribution in [2.75, 3.05) is 26.3 Å². The van der Waals surface area contributed by atoms with E-state index in [-0.39, 0.29) is 24.3 Å². The highest BCUT2D eigenvalue weighted by molar-refractivity contribution is 5.78. The van der Waals surface area contributed by atoms with Crippen LogP contribution in [0.3, 0.4) is 0 Å². The Labute approximate surface area is 132 Å². The van der Waals surface area contributed by atoms with Crippen molar-refractivity contribution in [3.05, 3.63) is 23.9 Å². The molecule has 8 heteroatoms. The largest absolute Gasteiger partial charge is 0.470 e. The maximum absolute atomic E-state index is 12.5. The van der Waals surface area contributed by atoms with Crippen molar-refractivity contribution in [1.82, 2.24) is 9.88 Å². The van der Waals surface area contributed by atoms with Gasteiger partial charge in [-0.25, -0.2) is 4.98 Å². The Morgan fingerprint density at radius 1 is 1.43 bits per heavy atom. The van der Waals surface area contributed by atoms with Crippen LogP contribution in [0.4, 0.5) is 13.2 Å². The zero-order valence-electron chi connectivity index (χ0n) is 13.0. The molecule has 1 aliphatic rings. The van der Waals surface area contributed by atoms with Crippen molar-refractivity contribution in [2.45, 2.75) is 26.1 Å². The first-order valence-corrected chi connectivity index (χ1v) is 7.34. The van der Waals surface area contributed by atoms with Gasteiger partial charge in [-0.3, -0.25) is 4.79 Å². The quantitative estimate of drug-likeness (QED) is 0.853. The maximum atomic E-state index is 12.5. The Kier molecular flexibility index (Phi) is 5.46. The highest BCUT2D eigenvalue weighted by Gasteiger charge is 2.31. The van der Waals surface area contributed by atoms with Crippen LogP contribution >= 0.6 is 0 Å². The molecule has 1 aromatic rings. The molecule has 1 aliphatic heterocycles. The van der Waals surface area contributed by atoms with Crippen LogP contribution in [0.2, 0.25) is 0 Å². The van der Waals surface area contributed by atoms with E-state index in [2.05, 4.69) is 4.98 Å². The van der Waals surface area contributed by atoms with E-state index in [0.717, 1.165) is 12.3 Å². The fourth-order valence-corrected chi connectivity index (χ4v) is 2.20. The van der Waals surface area contributed by atoms with E-state index in [0.29, 0.717) is 19.7 Å². The number of rotatable bonds is 3. The van der Waals surface area contributed by atoms with Crippen molar-refractivity contribution < 1.29 is 27.4 Å². The van der Waals surface area contributed by atoms with Gasteiger partial charge in [0.1, 0.15) is 6.10 Å². The summed E-state index contributed by atoms with van der Waals surface area (Å²) in [6, 6.07) is 2.08. The van der Waals surface area contributed by atoms with Crippen LogP contribution in [0.15, 0.2) is 18.3 Å². The second-order valence-electron chi connectivity index (χ2n) is 5.64. The van der Waals surface area contributed by atoms with Crippen LogP contribution in [0.25, 0.3) is 0 Å². The standard InChI is InChI=1S/C15H19F3N2O3/c1-10(2)14(21)20-5-6-22-9-12(8-20)23-13-4-3-11(7-19-13)15(16,17)18/h3-4,7,10,12H,5-6,8-9H2,1-2H3. The maximum Gasteiger partial charge on any atom is 0.417 e. The molecule has 0 N–H and O–H groups in total. The molecular formula is C15H19F3N2O3. The second-order valence-corrected chi connectivity index (χ2v) is 5.64. The molecular weight excluding hydrogens is 313 g/mol. The molecule has 0 aliphatic carbocycles. The van der Waals surface area contributed by atoms with Crippen molar-refractivity contribution in [3.8, 4) is 5.88 Å². The Morgan fingerprint density at radius 2 is 2.17 bits per heavy atom. The Balaban J connectivity index is 2.02. The number of carbonyl (C=O) groups is 1. The third-order valence-electron chi connectivity index (χ3n) is 3.39. The van der Waals surface area contributed by atoms with Crippen molar-refractivity contribution in [2.24, 2.45) is 5.92 Å². The minimum Gasteiger partial charge on any atom is -0.470 e. The number of hydrogen-bond donors (Lipinski definition) is 0. The summed E-state index contributed by atoms with van der Waals surface area (Å²) < 4.78 is 48.5. The van der Waals surface area contributed by atoms with Crippen molar-refractivity contribution in [3.63, 3.8) is 0 Å². The van der Waals surface area contributed by atoms with Gasteiger partial charge in [0.25, 0.3) is 0 Å². The number of halogens is 3. The summed E-state index contributed by atoms with van der Waals surface area (Å²) in [6.45, 7) is 5.06. The van der Waals surface area contributed by atoms with Crippen LogP contribution in [0, 0.1) is 5.92 Å². The van der Waals surface area contributed by atoms with Crippen LogP contribution in [0.5, 0.6) is 5.88 Å². The van der Waals surface area contributed by atoms with Gasteiger partial charge in [0, 0.05) is 24.7 Å². The SMILES string of the molecule is CC(C)C(=O)N1CCOCC(Oc2ccc(C(F)(F)F)cn2)C1. The van der Waals surface area contributed by atoms with Gasteiger partial charge in [0.15, 0.2) is 0 Å². The Bertz CT molecular complexity index is 532. The lowest BCUT2D eigenvalue weighted by molar-refractivity contribution is -0.138. The zero-order chi connectivity index (χ0) is 17.0. The fraction of sp³-hybridized carbons (Fsp3) is 0.600.